The molecule has 0 aromatic rings. The van der Waals surface area contributed by atoms with Gasteiger partial charge >= 0.3 is 5.97 Å². The van der Waals surface area contributed by atoms with Gasteiger partial charge in [0.2, 0.25) is 5.91 Å². The summed E-state index contributed by atoms with van der Waals surface area (Å²) in [5.41, 5.74) is 0. The standard InChI is InChI=1S/C12H22N2O3/c1-3-10-17-12(16)5-4-11(15)14-8-6-13(2)7-9-14/h3-10H2,1-2H3. The van der Waals surface area contributed by atoms with Crippen LogP contribution in [0.1, 0.15) is 26.2 Å². The third kappa shape index (κ3) is 5.17. The van der Waals surface area contributed by atoms with E-state index < -0.39 is 0 Å². The molecule has 5 heteroatoms. The summed E-state index contributed by atoms with van der Waals surface area (Å²) in [5.74, 6) is -0.208. The molecule has 0 spiro atoms. The lowest BCUT2D eigenvalue weighted by atomic mass is 10.2. The van der Waals surface area contributed by atoms with E-state index in [0.717, 1.165) is 32.6 Å². The Morgan fingerprint density at radius 2 is 1.76 bits per heavy atom. The van der Waals surface area contributed by atoms with Crippen molar-refractivity contribution in [2.24, 2.45) is 0 Å². The van der Waals surface area contributed by atoms with E-state index in [1.807, 2.05) is 18.9 Å². The highest BCUT2D eigenvalue weighted by molar-refractivity contribution is 5.81. The number of ether oxygens (including phenoxy) is 1. The van der Waals surface area contributed by atoms with Crippen molar-refractivity contribution in [3.05, 3.63) is 0 Å². The van der Waals surface area contributed by atoms with Crippen molar-refractivity contribution in [1.29, 1.82) is 0 Å². The normalized spacial score (nSPS) is 16.9. The Kier molecular flexibility index (Phi) is 5.97. The maximum absolute atomic E-state index is 11.8. The number of esters is 1. The van der Waals surface area contributed by atoms with Gasteiger partial charge in [0.25, 0.3) is 0 Å². The first kappa shape index (κ1) is 14.0. The molecule has 1 aliphatic rings. The van der Waals surface area contributed by atoms with Crippen LogP contribution < -0.4 is 0 Å². The number of likely N-dealkylation sites (N-methyl/N-ethyl adjacent to an activating group) is 1. The summed E-state index contributed by atoms with van der Waals surface area (Å²) in [6, 6.07) is 0. The van der Waals surface area contributed by atoms with Crippen LogP contribution >= 0.6 is 0 Å². The molecule has 17 heavy (non-hydrogen) atoms. The second-order valence-corrected chi connectivity index (χ2v) is 4.40. The Labute approximate surface area is 103 Å². The molecule has 0 atom stereocenters. The number of hydrogen-bond donors (Lipinski definition) is 0. The molecule has 1 heterocycles. The third-order valence-corrected chi connectivity index (χ3v) is 2.87. The summed E-state index contributed by atoms with van der Waals surface area (Å²) in [7, 11) is 2.05. The lowest BCUT2D eigenvalue weighted by Gasteiger charge is -2.32. The molecule has 1 fully saturated rings. The molecular formula is C12H22N2O3. The zero-order chi connectivity index (χ0) is 12.7. The van der Waals surface area contributed by atoms with Gasteiger partial charge in [-0.05, 0) is 13.5 Å². The average molecular weight is 242 g/mol. The van der Waals surface area contributed by atoms with Crippen LogP contribution in [0.3, 0.4) is 0 Å². The molecule has 98 valence electrons. The molecule has 0 saturated carbocycles. The van der Waals surface area contributed by atoms with Crippen molar-refractivity contribution in [2.45, 2.75) is 26.2 Å². The molecule has 0 unspecified atom stereocenters. The molecule has 1 aliphatic heterocycles. The molecule has 1 amide bonds. The Balaban J connectivity index is 2.18. The zero-order valence-corrected chi connectivity index (χ0v) is 10.8. The molecular weight excluding hydrogens is 220 g/mol. The van der Waals surface area contributed by atoms with Gasteiger partial charge in [-0.2, -0.15) is 0 Å². The van der Waals surface area contributed by atoms with Gasteiger partial charge in [-0.3, -0.25) is 9.59 Å². The van der Waals surface area contributed by atoms with Crippen molar-refractivity contribution in [3.8, 4) is 0 Å². The van der Waals surface area contributed by atoms with Gasteiger partial charge in [-0.25, -0.2) is 0 Å². The minimum atomic E-state index is -0.269. The van der Waals surface area contributed by atoms with Crippen LogP contribution in [-0.4, -0.2) is 61.5 Å². The zero-order valence-electron chi connectivity index (χ0n) is 10.8. The summed E-state index contributed by atoms with van der Waals surface area (Å²) in [6.45, 7) is 5.74. The fourth-order valence-corrected chi connectivity index (χ4v) is 1.71. The fourth-order valence-electron chi connectivity index (χ4n) is 1.71. The monoisotopic (exact) mass is 242 g/mol. The second-order valence-electron chi connectivity index (χ2n) is 4.40. The van der Waals surface area contributed by atoms with Crippen LogP contribution in [0.2, 0.25) is 0 Å². The van der Waals surface area contributed by atoms with Gasteiger partial charge in [0.1, 0.15) is 0 Å². The number of hydrogen-bond acceptors (Lipinski definition) is 4. The molecule has 0 aromatic carbocycles. The van der Waals surface area contributed by atoms with E-state index in [2.05, 4.69) is 4.90 Å². The second kappa shape index (κ2) is 7.27. The van der Waals surface area contributed by atoms with E-state index in [9.17, 15) is 9.59 Å². The van der Waals surface area contributed by atoms with Crippen molar-refractivity contribution in [3.63, 3.8) is 0 Å². The lowest BCUT2D eigenvalue weighted by Crippen LogP contribution is -2.47. The van der Waals surface area contributed by atoms with Crippen LogP contribution in [0, 0.1) is 0 Å². The van der Waals surface area contributed by atoms with E-state index in [1.54, 1.807) is 0 Å². The number of carbonyl (C=O) groups excluding carboxylic acids is 2. The Bertz CT molecular complexity index is 260. The highest BCUT2D eigenvalue weighted by Gasteiger charge is 2.19. The van der Waals surface area contributed by atoms with Crippen LogP contribution in [0.25, 0.3) is 0 Å². The minimum absolute atomic E-state index is 0.0616. The van der Waals surface area contributed by atoms with Crippen LogP contribution in [0.4, 0.5) is 0 Å². The van der Waals surface area contributed by atoms with Gasteiger partial charge in [0.05, 0.1) is 13.0 Å². The van der Waals surface area contributed by atoms with E-state index >= 15 is 0 Å². The topological polar surface area (TPSA) is 49.9 Å². The fraction of sp³-hybridized carbons (Fsp3) is 0.833. The van der Waals surface area contributed by atoms with Gasteiger partial charge < -0.3 is 14.5 Å². The van der Waals surface area contributed by atoms with Crippen LogP contribution in [0.5, 0.6) is 0 Å². The highest BCUT2D eigenvalue weighted by Crippen LogP contribution is 2.04. The summed E-state index contributed by atoms with van der Waals surface area (Å²) in [4.78, 5) is 27.0. The summed E-state index contributed by atoms with van der Waals surface area (Å²) < 4.78 is 4.93. The Hall–Kier alpha value is -1.10. The number of amides is 1. The van der Waals surface area contributed by atoms with Gasteiger partial charge in [-0.1, -0.05) is 6.92 Å². The maximum Gasteiger partial charge on any atom is 0.306 e. The van der Waals surface area contributed by atoms with Gasteiger partial charge in [0, 0.05) is 32.6 Å². The first-order valence-corrected chi connectivity index (χ1v) is 6.25. The molecule has 1 saturated heterocycles. The van der Waals surface area contributed by atoms with E-state index in [1.165, 1.54) is 0 Å². The Morgan fingerprint density at radius 3 is 2.35 bits per heavy atom. The van der Waals surface area contributed by atoms with Gasteiger partial charge in [-0.15, -0.1) is 0 Å². The lowest BCUT2D eigenvalue weighted by molar-refractivity contribution is -0.146. The predicted octanol–water partition coefficient (Wildman–Crippen LogP) is 0.494. The molecule has 0 radical (unpaired) electrons. The van der Waals surface area contributed by atoms with Gasteiger partial charge in [0.15, 0.2) is 0 Å². The number of nitrogens with zero attached hydrogens (tertiary/aromatic N) is 2. The van der Waals surface area contributed by atoms with Crippen molar-refractivity contribution in [2.75, 3.05) is 39.8 Å². The van der Waals surface area contributed by atoms with Crippen molar-refractivity contribution < 1.29 is 14.3 Å². The van der Waals surface area contributed by atoms with Crippen molar-refractivity contribution >= 4 is 11.9 Å². The summed E-state index contributed by atoms with van der Waals surface area (Å²) in [6.07, 6.45) is 1.29. The molecule has 0 bridgehead atoms. The molecule has 0 N–H and O–H groups in total. The largest absolute Gasteiger partial charge is 0.466 e. The van der Waals surface area contributed by atoms with Crippen molar-refractivity contribution in [1.82, 2.24) is 9.80 Å². The summed E-state index contributed by atoms with van der Waals surface area (Å²) in [5, 5.41) is 0. The highest BCUT2D eigenvalue weighted by atomic mass is 16.5. The molecule has 0 aromatic heterocycles. The minimum Gasteiger partial charge on any atom is -0.466 e. The smallest absolute Gasteiger partial charge is 0.306 e. The van der Waals surface area contributed by atoms with E-state index in [-0.39, 0.29) is 24.7 Å². The average Bonchev–Trinajstić information content (AvgIpc) is 2.34. The quantitative estimate of drug-likeness (QED) is 0.659. The Morgan fingerprint density at radius 1 is 1.12 bits per heavy atom. The maximum atomic E-state index is 11.8. The van der Waals surface area contributed by atoms with Crippen LogP contribution in [0.15, 0.2) is 0 Å². The number of rotatable bonds is 5. The summed E-state index contributed by atoms with van der Waals surface area (Å²) >= 11 is 0. The van der Waals surface area contributed by atoms with E-state index in [0.29, 0.717) is 6.61 Å². The van der Waals surface area contributed by atoms with E-state index in [4.69, 9.17) is 4.74 Å². The molecule has 5 nitrogen and oxygen atoms in total. The molecule has 1 rings (SSSR count). The van der Waals surface area contributed by atoms with Crippen LogP contribution in [-0.2, 0) is 14.3 Å². The number of carbonyl (C=O) groups is 2. The molecule has 0 aliphatic carbocycles. The first-order chi connectivity index (χ1) is 8.13. The third-order valence-electron chi connectivity index (χ3n) is 2.87. The first-order valence-electron chi connectivity index (χ1n) is 6.25. The number of piperazine rings is 1. The SMILES string of the molecule is CCCOC(=O)CCC(=O)N1CCN(C)CC1. The predicted molar refractivity (Wildman–Crippen MR) is 64.6 cm³/mol.